The molecular weight excluding hydrogens is 302 g/mol. The van der Waals surface area contributed by atoms with E-state index in [1.54, 1.807) is 0 Å². The molecule has 1 amide bonds. The first-order chi connectivity index (χ1) is 11.6. The van der Waals surface area contributed by atoms with E-state index in [-0.39, 0.29) is 23.7 Å². The van der Waals surface area contributed by atoms with Gasteiger partial charge in [-0.3, -0.25) is 9.59 Å². The summed E-state index contributed by atoms with van der Waals surface area (Å²) in [5, 5.41) is 2.99. The highest BCUT2D eigenvalue weighted by molar-refractivity contribution is 5.88. The minimum atomic E-state index is -0.00167. The van der Waals surface area contributed by atoms with Crippen LogP contribution >= 0.6 is 0 Å². The van der Waals surface area contributed by atoms with E-state index in [2.05, 4.69) is 5.32 Å². The van der Waals surface area contributed by atoms with E-state index in [4.69, 9.17) is 4.74 Å². The summed E-state index contributed by atoms with van der Waals surface area (Å²) in [5.41, 5.74) is 2.22. The Morgan fingerprint density at radius 2 is 1.79 bits per heavy atom. The fourth-order valence-corrected chi connectivity index (χ4v) is 4.19. The zero-order valence-corrected chi connectivity index (χ0v) is 14.6. The number of amides is 1. The molecule has 0 spiro atoms. The van der Waals surface area contributed by atoms with Gasteiger partial charge in [-0.15, -0.1) is 0 Å². The highest BCUT2D eigenvalue weighted by Gasteiger charge is 2.41. The molecule has 0 aliphatic heterocycles. The molecule has 1 N–H and O–H groups in total. The van der Waals surface area contributed by atoms with Crippen LogP contribution in [0.2, 0.25) is 0 Å². The average Bonchev–Trinajstić information content (AvgIpc) is 2.53. The van der Waals surface area contributed by atoms with E-state index in [0.29, 0.717) is 18.9 Å². The molecular formula is C20H27NO3. The Bertz CT molecular complexity index is 589. The number of aryl methyl sites for hydroxylation is 2. The summed E-state index contributed by atoms with van der Waals surface area (Å²) in [4.78, 5) is 24.5. The van der Waals surface area contributed by atoms with Crippen molar-refractivity contribution in [3.8, 4) is 5.75 Å². The van der Waals surface area contributed by atoms with Crippen LogP contribution in [0, 0.1) is 31.6 Å². The number of Topliss-reactive ketones (excluding diaryl/α,β-unsaturated/α-hetero) is 1. The summed E-state index contributed by atoms with van der Waals surface area (Å²) in [6.45, 7) is 5.03. The molecule has 2 aliphatic rings. The summed E-state index contributed by atoms with van der Waals surface area (Å²) in [6.07, 6.45) is 4.54. The molecule has 3 rings (SSSR count). The van der Waals surface area contributed by atoms with Gasteiger partial charge in [0.05, 0.1) is 6.54 Å². The maximum Gasteiger partial charge on any atom is 0.223 e. The van der Waals surface area contributed by atoms with Crippen molar-refractivity contribution >= 4 is 11.7 Å². The zero-order valence-electron chi connectivity index (χ0n) is 14.6. The summed E-state index contributed by atoms with van der Waals surface area (Å²) in [6, 6.07) is 6.07. The first-order valence-electron chi connectivity index (χ1n) is 9.06. The molecule has 2 saturated carbocycles. The number of hydrogen-bond acceptors (Lipinski definition) is 3. The number of carbonyl (C=O) groups excluding carboxylic acids is 2. The Morgan fingerprint density at radius 1 is 1.17 bits per heavy atom. The van der Waals surface area contributed by atoms with Gasteiger partial charge in [0.15, 0.2) is 0 Å². The molecule has 1 aromatic carbocycles. The zero-order chi connectivity index (χ0) is 17.1. The van der Waals surface area contributed by atoms with E-state index >= 15 is 0 Å². The summed E-state index contributed by atoms with van der Waals surface area (Å²) < 4.78 is 5.83. The Hall–Kier alpha value is -1.84. The maximum absolute atomic E-state index is 12.4. The van der Waals surface area contributed by atoms with Crippen LogP contribution < -0.4 is 10.1 Å². The molecule has 1 aromatic rings. The molecule has 2 unspecified atom stereocenters. The number of ether oxygens (including phenoxy) is 1. The summed E-state index contributed by atoms with van der Waals surface area (Å²) in [5.74, 6) is 1.65. The third-order valence-electron chi connectivity index (χ3n) is 5.48. The van der Waals surface area contributed by atoms with Crippen LogP contribution in [0.1, 0.15) is 43.2 Å². The smallest absolute Gasteiger partial charge is 0.223 e. The molecule has 130 valence electrons. The first-order valence-corrected chi connectivity index (χ1v) is 9.06. The van der Waals surface area contributed by atoms with Gasteiger partial charge in [-0.2, -0.15) is 0 Å². The van der Waals surface area contributed by atoms with Crippen LogP contribution in [0.25, 0.3) is 0 Å². The van der Waals surface area contributed by atoms with Crippen LogP contribution in [0.4, 0.5) is 0 Å². The van der Waals surface area contributed by atoms with E-state index in [1.165, 1.54) is 0 Å². The molecule has 2 fully saturated rings. The number of benzene rings is 1. The van der Waals surface area contributed by atoms with Gasteiger partial charge in [-0.25, -0.2) is 0 Å². The second kappa shape index (κ2) is 7.37. The number of ketones is 1. The summed E-state index contributed by atoms with van der Waals surface area (Å²) >= 11 is 0. The minimum absolute atomic E-state index is 0.00167. The molecule has 0 radical (unpaired) electrons. The van der Waals surface area contributed by atoms with Crippen LogP contribution in [0.3, 0.4) is 0 Å². The number of rotatable bonds is 5. The lowest BCUT2D eigenvalue weighted by Crippen LogP contribution is -2.43. The lowest BCUT2D eigenvalue weighted by molar-refractivity contribution is -0.137. The Morgan fingerprint density at radius 3 is 2.42 bits per heavy atom. The van der Waals surface area contributed by atoms with E-state index in [1.807, 2.05) is 32.0 Å². The normalized spacial score (nSPS) is 26.1. The topological polar surface area (TPSA) is 55.4 Å². The molecule has 24 heavy (non-hydrogen) atoms. The lowest BCUT2D eigenvalue weighted by Gasteiger charge is -2.36. The van der Waals surface area contributed by atoms with Gasteiger partial charge < -0.3 is 10.1 Å². The van der Waals surface area contributed by atoms with Gasteiger partial charge in [0.1, 0.15) is 18.1 Å². The molecule has 0 saturated heterocycles. The predicted octanol–water partition coefficient (Wildman–Crippen LogP) is 3.19. The van der Waals surface area contributed by atoms with E-state index in [0.717, 1.165) is 49.0 Å². The number of nitrogens with one attached hydrogen (secondary N) is 1. The van der Waals surface area contributed by atoms with Crippen LogP contribution in [0.15, 0.2) is 18.2 Å². The highest BCUT2D eigenvalue weighted by atomic mass is 16.5. The monoisotopic (exact) mass is 329 g/mol. The fourth-order valence-electron chi connectivity index (χ4n) is 4.19. The maximum atomic E-state index is 12.4. The number of para-hydroxylation sites is 1. The number of hydrogen-bond donors (Lipinski definition) is 1. The molecule has 2 atom stereocenters. The van der Waals surface area contributed by atoms with Crippen molar-refractivity contribution < 1.29 is 14.3 Å². The third-order valence-corrected chi connectivity index (χ3v) is 5.48. The quantitative estimate of drug-likeness (QED) is 0.844. The molecule has 0 aromatic heterocycles. The van der Waals surface area contributed by atoms with Crippen molar-refractivity contribution in [2.45, 2.75) is 46.0 Å². The second-order valence-corrected chi connectivity index (χ2v) is 7.26. The number of fused-ring (bicyclic) bond motifs is 2. The van der Waals surface area contributed by atoms with E-state index < -0.39 is 0 Å². The molecule has 4 heteroatoms. The van der Waals surface area contributed by atoms with Crippen molar-refractivity contribution in [1.82, 2.24) is 5.32 Å². The minimum Gasteiger partial charge on any atom is -0.491 e. The van der Waals surface area contributed by atoms with Crippen molar-refractivity contribution in [2.24, 2.45) is 17.8 Å². The Balaban J connectivity index is 1.45. The van der Waals surface area contributed by atoms with Gasteiger partial charge in [-0.1, -0.05) is 24.6 Å². The molecule has 2 aliphatic carbocycles. The van der Waals surface area contributed by atoms with Gasteiger partial charge in [-0.05, 0) is 50.7 Å². The Kier molecular flexibility index (Phi) is 5.22. The van der Waals surface area contributed by atoms with Gasteiger partial charge in [0.25, 0.3) is 0 Å². The van der Waals surface area contributed by atoms with Crippen molar-refractivity contribution in [2.75, 3.05) is 13.2 Å². The van der Waals surface area contributed by atoms with Crippen molar-refractivity contribution in [1.29, 1.82) is 0 Å². The largest absolute Gasteiger partial charge is 0.491 e. The van der Waals surface area contributed by atoms with Crippen molar-refractivity contribution in [3.05, 3.63) is 29.3 Å². The van der Waals surface area contributed by atoms with Crippen LogP contribution in [-0.4, -0.2) is 24.8 Å². The van der Waals surface area contributed by atoms with Gasteiger partial charge >= 0.3 is 0 Å². The third kappa shape index (κ3) is 3.63. The molecule has 4 nitrogen and oxygen atoms in total. The van der Waals surface area contributed by atoms with Crippen LogP contribution in [-0.2, 0) is 9.59 Å². The van der Waals surface area contributed by atoms with E-state index in [9.17, 15) is 9.59 Å². The van der Waals surface area contributed by atoms with Gasteiger partial charge in [0, 0.05) is 17.8 Å². The SMILES string of the molecule is Cc1cccc(C)c1OCCNC(=O)C1CC2CCCC(C1)C2=O. The molecule has 0 heterocycles. The van der Waals surface area contributed by atoms with Crippen LogP contribution in [0.5, 0.6) is 5.75 Å². The Labute approximate surface area is 144 Å². The van der Waals surface area contributed by atoms with Crippen molar-refractivity contribution in [3.63, 3.8) is 0 Å². The standard InChI is InChI=1S/C20H27NO3/c1-13-5-3-6-14(2)19(13)24-10-9-21-20(23)17-11-15-7-4-8-16(12-17)18(15)22/h3,5-6,15-17H,4,7-12H2,1-2H3,(H,21,23). The fraction of sp³-hybridized carbons (Fsp3) is 0.600. The average molecular weight is 329 g/mol. The lowest BCUT2D eigenvalue weighted by atomic mass is 9.67. The first kappa shape index (κ1) is 17.0. The summed E-state index contributed by atoms with van der Waals surface area (Å²) in [7, 11) is 0. The highest BCUT2D eigenvalue weighted by Crippen LogP contribution is 2.40. The number of carbonyl (C=O) groups is 2. The van der Waals surface area contributed by atoms with Gasteiger partial charge in [0.2, 0.25) is 5.91 Å². The molecule has 2 bridgehead atoms. The predicted molar refractivity (Wildman–Crippen MR) is 93.0 cm³/mol. The second-order valence-electron chi connectivity index (χ2n) is 7.26.